The molecule has 0 radical (unpaired) electrons. The Bertz CT molecular complexity index is 1890. The van der Waals surface area contributed by atoms with E-state index in [1.807, 2.05) is 43.3 Å². The number of halogens is 1. The van der Waals surface area contributed by atoms with Crippen LogP contribution in [0.5, 0.6) is 5.75 Å². The largest absolute Gasteiger partial charge is 0.488 e. The lowest BCUT2D eigenvalue weighted by Gasteiger charge is -2.24. The average molecular weight is 649 g/mol. The van der Waals surface area contributed by atoms with Crippen LogP contribution in [0.2, 0.25) is 0 Å². The topological polar surface area (TPSA) is 113 Å². The van der Waals surface area contributed by atoms with Crippen LogP contribution in [0.15, 0.2) is 92.3 Å². The van der Waals surface area contributed by atoms with Gasteiger partial charge >= 0.3 is 5.97 Å². The number of esters is 1. The third kappa shape index (κ3) is 5.97. The van der Waals surface area contributed by atoms with Crippen LogP contribution in [-0.2, 0) is 16.1 Å². The molecule has 0 saturated heterocycles. The summed E-state index contributed by atoms with van der Waals surface area (Å²) in [7, 11) is 0. The predicted molar refractivity (Wildman–Crippen MR) is 163 cm³/mol. The molecule has 4 aromatic rings. The zero-order chi connectivity index (χ0) is 30.0. The van der Waals surface area contributed by atoms with Crippen LogP contribution in [0, 0.1) is 17.0 Å². The number of non-ortho nitro benzene ring substituents is 1. The molecule has 1 atom stereocenters. The molecule has 3 aromatic carbocycles. The Morgan fingerprint density at radius 3 is 2.50 bits per heavy atom. The van der Waals surface area contributed by atoms with Crippen LogP contribution in [0.1, 0.15) is 42.1 Å². The molecule has 214 valence electrons. The van der Waals surface area contributed by atoms with Crippen LogP contribution in [-0.4, -0.2) is 22.1 Å². The van der Waals surface area contributed by atoms with Gasteiger partial charge in [0.25, 0.3) is 11.2 Å². The number of nitrogens with zero attached hydrogens (tertiary/aromatic N) is 3. The number of carbonyl (C=O) groups is 1. The quantitative estimate of drug-likeness (QED) is 0.145. The summed E-state index contributed by atoms with van der Waals surface area (Å²) in [6.45, 7) is 5.84. The molecule has 42 heavy (non-hydrogen) atoms. The number of ether oxygens (including phenoxy) is 2. The number of carbonyl (C=O) groups excluding carboxylic acids is 1. The molecule has 0 fully saturated rings. The van der Waals surface area contributed by atoms with E-state index in [9.17, 15) is 19.7 Å². The van der Waals surface area contributed by atoms with Gasteiger partial charge in [0.15, 0.2) is 4.80 Å². The average Bonchev–Trinajstić information content (AvgIpc) is 3.26. The van der Waals surface area contributed by atoms with Gasteiger partial charge < -0.3 is 9.47 Å². The van der Waals surface area contributed by atoms with E-state index in [4.69, 9.17) is 9.47 Å². The predicted octanol–water partition coefficient (Wildman–Crippen LogP) is 5.36. The second-order valence-corrected chi connectivity index (χ2v) is 11.5. The third-order valence-electron chi connectivity index (χ3n) is 6.71. The van der Waals surface area contributed by atoms with E-state index in [2.05, 4.69) is 20.9 Å². The number of benzene rings is 3. The lowest BCUT2D eigenvalue weighted by molar-refractivity contribution is -0.384. The highest BCUT2D eigenvalue weighted by Gasteiger charge is 2.33. The Labute approximate surface area is 253 Å². The van der Waals surface area contributed by atoms with Gasteiger partial charge in [-0.1, -0.05) is 57.1 Å². The van der Waals surface area contributed by atoms with E-state index < -0.39 is 16.9 Å². The van der Waals surface area contributed by atoms with Crippen molar-refractivity contribution in [3.8, 4) is 5.75 Å². The van der Waals surface area contributed by atoms with Crippen molar-refractivity contribution in [3.05, 3.63) is 135 Å². The van der Waals surface area contributed by atoms with Crippen molar-refractivity contribution < 1.29 is 19.2 Å². The first kappa shape index (κ1) is 29.2. The molecule has 5 rings (SSSR count). The Balaban J connectivity index is 1.57. The zero-order valence-corrected chi connectivity index (χ0v) is 25.4. The summed E-state index contributed by atoms with van der Waals surface area (Å²) < 4.78 is 14.2. The van der Waals surface area contributed by atoms with E-state index in [1.165, 1.54) is 23.5 Å². The summed E-state index contributed by atoms with van der Waals surface area (Å²) in [6.07, 6.45) is 1.75. The highest BCUT2D eigenvalue weighted by atomic mass is 79.9. The van der Waals surface area contributed by atoms with Crippen molar-refractivity contribution >= 4 is 45.0 Å². The van der Waals surface area contributed by atoms with Crippen molar-refractivity contribution in [2.45, 2.75) is 33.4 Å². The van der Waals surface area contributed by atoms with E-state index >= 15 is 0 Å². The molecule has 11 heteroatoms. The molecular weight excluding hydrogens is 622 g/mol. The summed E-state index contributed by atoms with van der Waals surface area (Å²) in [5.74, 6) is 0.0217. The van der Waals surface area contributed by atoms with Crippen LogP contribution in [0.25, 0.3) is 6.08 Å². The number of nitro groups is 1. The number of allylic oxidation sites excluding steroid dienone is 1. The molecule has 1 aliphatic heterocycles. The van der Waals surface area contributed by atoms with Gasteiger partial charge in [-0.05, 0) is 68.3 Å². The second kappa shape index (κ2) is 12.3. The van der Waals surface area contributed by atoms with Crippen molar-refractivity contribution in [2.75, 3.05) is 6.61 Å². The maximum Gasteiger partial charge on any atom is 0.338 e. The Kier molecular flexibility index (Phi) is 8.51. The number of rotatable bonds is 8. The molecular formula is C31H26BrN3O6S. The molecule has 0 spiro atoms. The zero-order valence-electron chi connectivity index (χ0n) is 23.0. The number of aromatic nitrogens is 1. The maximum absolute atomic E-state index is 14.0. The number of thiazole rings is 1. The van der Waals surface area contributed by atoms with Crippen molar-refractivity contribution in [1.29, 1.82) is 0 Å². The van der Waals surface area contributed by atoms with Crippen molar-refractivity contribution in [1.82, 2.24) is 4.57 Å². The second-order valence-electron chi connectivity index (χ2n) is 9.61. The third-order valence-corrected chi connectivity index (χ3v) is 8.19. The normalized spacial score (nSPS) is 14.8. The van der Waals surface area contributed by atoms with Gasteiger partial charge in [0.2, 0.25) is 0 Å². The fourth-order valence-electron chi connectivity index (χ4n) is 4.64. The minimum absolute atomic E-state index is 0.00347. The van der Waals surface area contributed by atoms with Gasteiger partial charge in [-0.15, -0.1) is 0 Å². The molecule has 0 saturated carbocycles. The summed E-state index contributed by atoms with van der Waals surface area (Å²) >= 11 is 4.73. The van der Waals surface area contributed by atoms with E-state index in [1.54, 1.807) is 42.7 Å². The first-order valence-electron chi connectivity index (χ1n) is 13.1. The summed E-state index contributed by atoms with van der Waals surface area (Å²) in [5, 5.41) is 11.0. The van der Waals surface area contributed by atoms with Crippen molar-refractivity contribution in [3.63, 3.8) is 0 Å². The Hall–Kier alpha value is -4.35. The summed E-state index contributed by atoms with van der Waals surface area (Å²) in [5.41, 5.74) is 3.79. The molecule has 2 heterocycles. The number of hydrogen-bond acceptors (Lipinski definition) is 8. The lowest BCUT2D eigenvalue weighted by atomic mass is 9.95. The first-order chi connectivity index (χ1) is 20.2. The highest BCUT2D eigenvalue weighted by molar-refractivity contribution is 9.10. The van der Waals surface area contributed by atoms with Crippen LogP contribution in [0.3, 0.4) is 0 Å². The van der Waals surface area contributed by atoms with Gasteiger partial charge in [-0.25, -0.2) is 9.79 Å². The Morgan fingerprint density at radius 2 is 1.83 bits per heavy atom. The number of nitro benzene ring substituents is 1. The van der Waals surface area contributed by atoms with E-state index in [0.717, 1.165) is 21.2 Å². The van der Waals surface area contributed by atoms with E-state index in [0.29, 0.717) is 31.9 Å². The number of aryl methyl sites for hydroxylation is 1. The molecule has 0 amide bonds. The maximum atomic E-state index is 14.0. The monoisotopic (exact) mass is 647 g/mol. The smallest absolute Gasteiger partial charge is 0.338 e. The summed E-state index contributed by atoms with van der Waals surface area (Å²) in [4.78, 5) is 42.7. The minimum Gasteiger partial charge on any atom is -0.488 e. The molecule has 1 aromatic heterocycles. The van der Waals surface area contributed by atoms with E-state index in [-0.39, 0.29) is 24.5 Å². The summed E-state index contributed by atoms with van der Waals surface area (Å²) in [6, 6.07) is 18.6. The molecule has 1 aliphatic rings. The van der Waals surface area contributed by atoms with Gasteiger partial charge in [-0.3, -0.25) is 19.5 Å². The fourth-order valence-corrected chi connectivity index (χ4v) is 6.05. The molecule has 0 aliphatic carbocycles. The number of fused-ring (bicyclic) bond motifs is 1. The van der Waals surface area contributed by atoms with Gasteiger partial charge in [0.1, 0.15) is 12.4 Å². The fraction of sp³-hybridized carbons (Fsp3) is 0.194. The van der Waals surface area contributed by atoms with Crippen LogP contribution < -0.4 is 19.6 Å². The molecule has 0 N–H and O–H groups in total. The number of hydrogen-bond donors (Lipinski definition) is 0. The molecule has 0 bridgehead atoms. The SMILES string of the molecule is CCOC(=O)C1=C(C)N=c2s/c(=C/c3cc(Br)ccc3OCc3ccc([N+](=O)[O-])cc3)c(=O)n2[C@H]1c1ccc(C)cc1. The standard InChI is InChI=1S/C31H26BrN3O6S/c1-4-40-30(37)27-19(3)33-31-34(28(27)21-9-5-18(2)6-10-21)29(36)26(42-31)16-22-15-23(32)11-14-25(22)41-17-20-7-12-24(13-8-20)35(38)39/h5-16,28H,4,17H2,1-3H3/b26-16+/t28-/m0/s1. The first-order valence-corrected chi connectivity index (χ1v) is 14.7. The Morgan fingerprint density at radius 1 is 1.12 bits per heavy atom. The van der Waals surface area contributed by atoms with Gasteiger partial charge in [0.05, 0.1) is 33.4 Å². The van der Waals surface area contributed by atoms with Crippen LogP contribution in [0.4, 0.5) is 5.69 Å². The van der Waals surface area contributed by atoms with Gasteiger partial charge in [-0.2, -0.15) is 0 Å². The minimum atomic E-state index is -0.691. The van der Waals surface area contributed by atoms with Gasteiger partial charge in [0, 0.05) is 22.2 Å². The van der Waals surface area contributed by atoms with Crippen molar-refractivity contribution in [2.24, 2.45) is 4.99 Å². The highest BCUT2D eigenvalue weighted by Crippen LogP contribution is 2.31. The lowest BCUT2D eigenvalue weighted by Crippen LogP contribution is -2.39. The van der Waals surface area contributed by atoms with Crippen LogP contribution >= 0.6 is 27.3 Å². The molecule has 9 nitrogen and oxygen atoms in total. The molecule has 0 unspecified atom stereocenters.